The Morgan fingerprint density at radius 1 is 0.800 bits per heavy atom. The van der Waals surface area contributed by atoms with Gasteiger partial charge in [-0.3, -0.25) is 0 Å². The van der Waals surface area contributed by atoms with Crippen molar-refractivity contribution in [3.05, 3.63) is 0 Å². The fraction of sp³-hybridized carbons (Fsp3) is 1.00. The molecule has 0 spiro atoms. The first-order valence-corrected chi connectivity index (χ1v) is 14.5. The van der Waals surface area contributed by atoms with Gasteiger partial charge in [-0.25, -0.2) is 0 Å². The van der Waals surface area contributed by atoms with Gasteiger partial charge in [-0.2, -0.15) is 0 Å². The molecular weight excluding hydrogens is 295 g/mol. The molecule has 0 radical (unpaired) electrons. The second-order valence-corrected chi connectivity index (χ2v) is 23.2. The maximum absolute atomic E-state index is 3.93. The number of rotatable bonds is 0. The van der Waals surface area contributed by atoms with Gasteiger partial charge in [0, 0.05) is 0 Å². The Balaban J connectivity index is 4.23. The van der Waals surface area contributed by atoms with Crippen molar-refractivity contribution in [3.63, 3.8) is 0 Å². The van der Waals surface area contributed by atoms with Gasteiger partial charge in [0.25, 0.3) is 0 Å². The van der Waals surface area contributed by atoms with Gasteiger partial charge in [0.15, 0.2) is 0 Å². The molecule has 0 saturated heterocycles. The Labute approximate surface area is 78.3 Å². The van der Waals surface area contributed by atoms with E-state index in [-0.39, 0.29) is 0 Å². The monoisotopic (exact) mass is 314 g/mol. The molecule has 10 heavy (non-hydrogen) atoms. The minimum atomic E-state index is -1.45. The Hall–Kier alpha value is 1.28. The fourth-order valence-corrected chi connectivity index (χ4v) is 8.71. The summed E-state index contributed by atoms with van der Waals surface area (Å²) in [6.45, 7) is 14.1. The molecule has 0 saturated carbocycles. The van der Waals surface area contributed by atoms with E-state index in [2.05, 4.69) is 54.2 Å². The summed E-state index contributed by atoms with van der Waals surface area (Å²) in [7, 11) is 0. The van der Waals surface area contributed by atoms with Crippen molar-refractivity contribution in [1.82, 2.24) is 0 Å². The Morgan fingerprint density at radius 3 is 1.00 bits per heavy atom. The molecule has 0 aromatic carbocycles. The zero-order valence-electron chi connectivity index (χ0n) is 7.96. The van der Waals surface area contributed by atoms with E-state index in [4.69, 9.17) is 0 Å². The molecule has 0 N–H and O–H groups in total. The summed E-state index contributed by atoms with van der Waals surface area (Å²) in [5, 5.41) is 0. The van der Waals surface area contributed by atoms with Crippen LogP contribution in [0.25, 0.3) is 0 Å². The van der Waals surface area contributed by atoms with Crippen LogP contribution in [0, 0.1) is 0 Å². The molecule has 0 fully saturated rings. The predicted octanol–water partition coefficient (Wildman–Crippen LogP) is 3.71. The second-order valence-electron chi connectivity index (χ2n) is 5.09. The van der Waals surface area contributed by atoms with Crippen molar-refractivity contribution in [1.29, 1.82) is 0 Å². The van der Waals surface area contributed by atoms with Crippen LogP contribution in [-0.2, 0) is 0 Å². The van der Waals surface area contributed by atoms with E-state index < -0.39 is 17.5 Å². The van der Waals surface area contributed by atoms with Crippen molar-refractivity contribution >= 4 is 30.2 Å². The van der Waals surface area contributed by atoms with E-state index in [1.165, 1.54) is 0 Å². The second kappa shape index (κ2) is 3.34. The summed E-state index contributed by atoms with van der Waals surface area (Å²) < 4.78 is 1.14. The average Bonchev–Trinajstić information content (AvgIpc) is 1.59. The van der Waals surface area contributed by atoms with Gasteiger partial charge in [-0.1, -0.05) is 0 Å². The molecule has 0 aliphatic carbocycles. The normalized spacial score (nSPS) is 14.4. The molecule has 0 unspecified atom stereocenters. The number of hydrogen-bond acceptors (Lipinski definition) is 0. The molecule has 0 aromatic heterocycles. The van der Waals surface area contributed by atoms with Crippen LogP contribution in [0.4, 0.5) is 0 Å². The molecule has 2 heteroatoms. The standard InChI is InChI=1S/2C4H9.BrH.Sn.H/c2*1-4(2)3;;;/h2*1-3H3;1H;;/q;;;+1;/p-1. The van der Waals surface area contributed by atoms with Crippen LogP contribution in [0.3, 0.4) is 0 Å². The first-order chi connectivity index (χ1) is 4.15. The SMILES string of the molecule is C[C](C)(C)[SnH]([Br])[C](C)(C)C. The molecule has 0 aromatic rings. The molecule has 0 amide bonds. The first-order valence-electron chi connectivity index (χ1n) is 3.80. The first kappa shape index (κ1) is 11.3. The van der Waals surface area contributed by atoms with E-state index in [9.17, 15) is 0 Å². The third-order valence-corrected chi connectivity index (χ3v) is 28.6. The molecular formula is C8H19BrSn. The molecule has 0 rings (SSSR count). The third-order valence-electron chi connectivity index (χ3n) is 1.52. The molecule has 0 heterocycles. The van der Waals surface area contributed by atoms with Gasteiger partial charge in [-0.05, 0) is 0 Å². The Kier molecular flexibility index (Phi) is 3.77. The molecule has 0 aliphatic heterocycles. The van der Waals surface area contributed by atoms with Crippen molar-refractivity contribution in [2.45, 2.75) is 48.4 Å². The van der Waals surface area contributed by atoms with Gasteiger partial charge < -0.3 is 0 Å². The summed E-state index contributed by atoms with van der Waals surface area (Å²) in [6, 6.07) is 0. The van der Waals surface area contributed by atoms with Crippen molar-refractivity contribution in [2.75, 3.05) is 0 Å². The van der Waals surface area contributed by atoms with E-state index in [0.29, 0.717) is 6.86 Å². The van der Waals surface area contributed by atoms with Crippen LogP contribution in [-0.4, -0.2) is 17.5 Å². The van der Waals surface area contributed by atoms with Gasteiger partial charge in [0.2, 0.25) is 0 Å². The third kappa shape index (κ3) is 3.61. The molecule has 0 bridgehead atoms. The minimum absolute atomic E-state index is 0.569. The van der Waals surface area contributed by atoms with Crippen molar-refractivity contribution in [2.24, 2.45) is 0 Å². The summed E-state index contributed by atoms with van der Waals surface area (Å²) in [5.41, 5.74) is 0. The zero-order chi connectivity index (χ0) is 8.58. The predicted molar refractivity (Wildman–Crippen MR) is 55.5 cm³/mol. The molecule has 0 nitrogen and oxygen atoms in total. The fourth-order valence-electron chi connectivity index (χ4n) is 1.30. The summed E-state index contributed by atoms with van der Waals surface area (Å²) in [5.74, 6) is 0. The molecule has 0 atom stereocenters. The van der Waals surface area contributed by atoms with E-state index in [1.807, 2.05) is 0 Å². The van der Waals surface area contributed by atoms with Gasteiger partial charge in [0.05, 0.1) is 0 Å². The van der Waals surface area contributed by atoms with Crippen LogP contribution in [0.15, 0.2) is 0 Å². The van der Waals surface area contributed by atoms with Crippen molar-refractivity contribution < 1.29 is 0 Å². The Bertz CT molecular complexity index is 93.4. The summed E-state index contributed by atoms with van der Waals surface area (Å²) in [4.78, 5) is 0. The van der Waals surface area contributed by atoms with Gasteiger partial charge in [-0.15, -0.1) is 0 Å². The number of halogens is 1. The van der Waals surface area contributed by atoms with E-state index in [0.717, 1.165) is 0 Å². The van der Waals surface area contributed by atoms with Crippen LogP contribution in [0.5, 0.6) is 0 Å². The molecule has 0 aliphatic rings. The van der Waals surface area contributed by atoms with Crippen LogP contribution >= 0.6 is 12.7 Å². The van der Waals surface area contributed by atoms with Gasteiger partial charge >= 0.3 is 78.6 Å². The maximum atomic E-state index is 3.93. The molecule has 62 valence electrons. The van der Waals surface area contributed by atoms with Crippen molar-refractivity contribution in [3.8, 4) is 0 Å². The van der Waals surface area contributed by atoms with Gasteiger partial charge in [0.1, 0.15) is 0 Å². The Morgan fingerprint density at radius 2 is 1.00 bits per heavy atom. The quantitative estimate of drug-likeness (QED) is 0.598. The summed E-state index contributed by atoms with van der Waals surface area (Å²) >= 11 is 2.48. The number of hydrogen-bond donors (Lipinski definition) is 0. The van der Waals surface area contributed by atoms with Crippen LogP contribution < -0.4 is 0 Å². The topological polar surface area (TPSA) is 0 Å². The van der Waals surface area contributed by atoms with E-state index in [1.54, 1.807) is 0 Å². The summed E-state index contributed by atoms with van der Waals surface area (Å²) in [6.07, 6.45) is 0. The van der Waals surface area contributed by atoms with Crippen LogP contribution in [0.2, 0.25) is 6.86 Å². The zero-order valence-corrected chi connectivity index (χ0v) is 12.8. The van der Waals surface area contributed by atoms with E-state index >= 15 is 0 Å². The van der Waals surface area contributed by atoms with Crippen LogP contribution in [0.1, 0.15) is 41.5 Å². The average molecular weight is 314 g/mol.